The van der Waals surface area contributed by atoms with E-state index in [0.717, 1.165) is 61.1 Å². The Morgan fingerprint density at radius 1 is 1.31 bits per heavy atom. The van der Waals surface area contributed by atoms with E-state index in [-0.39, 0.29) is 29.8 Å². The summed E-state index contributed by atoms with van der Waals surface area (Å²) in [6.07, 6.45) is 5.45. The maximum Gasteiger partial charge on any atom is 0.191 e. The lowest BCUT2D eigenvalue weighted by atomic mass is 10.1. The molecular weight excluding hydrogens is 444 g/mol. The second-order valence-electron chi connectivity index (χ2n) is 6.54. The van der Waals surface area contributed by atoms with Crippen molar-refractivity contribution in [1.82, 2.24) is 20.5 Å². The number of aliphatic imine (C=N–C) groups is 1. The second-order valence-corrected chi connectivity index (χ2v) is 6.54. The molecule has 3 rings (SSSR count). The number of benzene rings is 1. The zero-order chi connectivity index (χ0) is 17.6. The van der Waals surface area contributed by atoms with Crippen LogP contribution in [0.1, 0.15) is 25.3 Å². The Morgan fingerprint density at radius 2 is 2.08 bits per heavy atom. The molecule has 0 aliphatic heterocycles. The monoisotopic (exact) mass is 473 g/mol. The van der Waals surface area contributed by atoms with Crippen LogP contribution in [0.4, 0.5) is 4.39 Å². The molecule has 5 nitrogen and oxygen atoms in total. The predicted molar refractivity (Wildman–Crippen MR) is 117 cm³/mol. The van der Waals surface area contributed by atoms with Crippen molar-refractivity contribution in [2.75, 3.05) is 33.2 Å². The van der Waals surface area contributed by atoms with Crippen LogP contribution in [0, 0.1) is 5.82 Å². The highest BCUT2D eigenvalue weighted by Crippen LogP contribution is 2.25. The molecular formula is C19H29FIN5. The zero-order valence-corrected chi connectivity index (χ0v) is 17.8. The van der Waals surface area contributed by atoms with Gasteiger partial charge in [0, 0.05) is 49.8 Å². The van der Waals surface area contributed by atoms with Crippen LogP contribution < -0.4 is 10.6 Å². The van der Waals surface area contributed by atoms with Gasteiger partial charge in [-0.2, -0.15) is 0 Å². The second kappa shape index (κ2) is 10.1. The molecule has 1 aliphatic carbocycles. The third-order valence-electron chi connectivity index (χ3n) is 4.80. The minimum Gasteiger partial charge on any atom is -0.361 e. The summed E-state index contributed by atoms with van der Waals surface area (Å²) in [6, 6.07) is 5.64. The number of fused-ring (bicyclic) bond motifs is 1. The van der Waals surface area contributed by atoms with E-state index >= 15 is 0 Å². The Kier molecular flexibility index (Phi) is 8.15. The van der Waals surface area contributed by atoms with E-state index in [4.69, 9.17) is 0 Å². The molecule has 26 heavy (non-hydrogen) atoms. The Labute approximate surface area is 171 Å². The maximum absolute atomic E-state index is 13.4. The van der Waals surface area contributed by atoms with Gasteiger partial charge in [-0.15, -0.1) is 24.0 Å². The van der Waals surface area contributed by atoms with Crippen molar-refractivity contribution in [2.24, 2.45) is 4.99 Å². The minimum atomic E-state index is -0.199. The smallest absolute Gasteiger partial charge is 0.191 e. The van der Waals surface area contributed by atoms with Crippen LogP contribution in [0.3, 0.4) is 0 Å². The lowest BCUT2D eigenvalue weighted by Gasteiger charge is -2.20. The number of H-pyrrole nitrogens is 1. The summed E-state index contributed by atoms with van der Waals surface area (Å²) in [4.78, 5) is 9.98. The summed E-state index contributed by atoms with van der Waals surface area (Å²) < 4.78 is 13.4. The number of aromatic nitrogens is 1. The molecule has 0 atom stereocenters. The molecule has 144 valence electrons. The van der Waals surface area contributed by atoms with Gasteiger partial charge in [0.05, 0.1) is 0 Å². The van der Waals surface area contributed by atoms with Crippen LogP contribution in [-0.2, 0) is 6.42 Å². The molecule has 0 spiro atoms. The lowest BCUT2D eigenvalue weighted by Crippen LogP contribution is -2.42. The van der Waals surface area contributed by atoms with Gasteiger partial charge < -0.3 is 15.6 Å². The summed E-state index contributed by atoms with van der Waals surface area (Å²) in [7, 11) is 1.79. The summed E-state index contributed by atoms with van der Waals surface area (Å²) in [5.41, 5.74) is 2.09. The summed E-state index contributed by atoms with van der Waals surface area (Å²) in [5.74, 6) is 0.618. The highest BCUT2D eigenvalue weighted by Gasteiger charge is 2.27. The molecule has 1 saturated carbocycles. The fraction of sp³-hybridized carbons (Fsp3) is 0.526. The van der Waals surface area contributed by atoms with Crippen molar-refractivity contribution in [3.63, 3.8) is 0 Å². The molecule has 2 aromatic rings. The van der Waals surface area contributed by atoms with E-state index in [2.05, 4.69) is 32.4 Å². The van der Waals surface area contributed by atoms with Crippen LogP contribution >= 0.6 is 24.0 Å². The Morgan fingerprint density at radius 3 is 2.77 bits per heavy atom. The molecule has 1 aliphatic rings. The first-order chi connectivity index (χ1) is 12.2. The first-order valence-electron chi connectivity index (χ1n) is 9.15. The van der Waals surface area contributed by atoms with Crippen LogP contribution in [0.15, 0.2) is 29.4 Å². The van der Waals surface area contributed by atoms with E-state index in [1.54, 1.807) is 19.2 Å². The summed E-state index contributed by atoms with van der Waals surface area (Å²) >= 11 is 0. The number of halogens is 2. The van der Waals surface area contributed by atoms with Gasteiger partial charge in [-0.3, -0.25) is 9.89 Å². The molecule has 0 bridgehead atoms. The molecule has 0 unspecified atom stereocenters. The summed E-state index contributed by atoms with van der Waals surface area (Å²) in [5, 5.41) is 7.66. The van der Waals surface area contributed by atoms with Crippen molar-refractivity contribution in [2.45, 2.75) is 32.2 Å². The number of rotatable bonds is 8. The SMILES string of the molecule is CCN(CCNC(=NC)NCCc1c[nH]c2ccc(F)cc12)C1CC1.I. The van der Waals surface area contributed by atoms with Crippen LogP contribution in [0.25, 0.3) is 10.9 Å². The van der Waals surface area contributed by atoms with Gasteiger partial charge in [0.15, 0.2) is 5.96 Å². The van der Waals surface area contributed by atoms with Gasteiger partial charge in [-0.1, -0.05) is 6.92 Å². The van der Waals surface area contributed by atoms with E-state index < -0.39 is 0 Å². The van der Waals surface area contributed by atoms with Gasteiger partial charge in [0.25, 0.3) is 0 Å². The van der Waals surface area contributed by atoms with Crippen molar-refractivity contribution < 1.29 is 4.39 Å². The zero-order valence-electron chi connectivity index (χ0n) is 15.5. The molecule has 3 N–H and O–H groups in total. The minimum absolute atomic E-state index is 0. The quantitative estimate of drug-likeness (QED) is 0.314. The Bertz CT molecular complexity index is 726. The fourth-order valence-corrected chi connectivity index (χ4v) is 3.25. The molecule has 1 aromatic heterocycles. The van der Waals surface area contributed by atoms with Crippen molar-refractivity contribution in [3.05, 3.63) is 35.8 Å². The third-order valence-corrected chi connectivity index (χ3v) is 4.80. The van der Waals surface area contributed by atoms with Crippen molar-refractivity contribution in [3.8, 4) is 0 Å². The predicted octanol–water partition coefficient (Wildman–Crippen LogP) is 3.12. The Hall–Kier alpha value is -1.35. The van der Waals surface area contributed by atoms with E-state index in [9.17, 15) is 4.39 Å². The summed E-state index contributed by atoms with van der Waals surface area (Å²) in [6.45, 7) is 6.01. The van der Waals surface area contributed by atoms with Crippen LogP contribution in [0.2, 0.25) is 0 Å². The first-order valence-corrected chi connectivity index (χ1v) is 9.15. The third kappa shape index (κ3) is 5.57. The molecule has 1 aromatic carbocycles. The van der Waals surface area contributed by atoms with Crippen molar-refractivity contribution >= 4 is 40.8 Å². The number of hydrogen-bond donors (Lipinski definition) is 3. The van der Waals surface area contributed by atoms with Crippen LogP contribution in [-0.4, -0.2) is 55.1 Å². The molecule has 1 fully saturated rings. The molecule has 7 heteroatoms. The van der Waals surface area contributed by atoms with Gasteiger partial charge in [-0.05, 0) is 49.6 Å². The van der Waals surface area contributed by atoms with Gasteiger partial charge in [0.2, 0.25) is 0 Å². The molecule has 1 heterocycles. The van der Waals surface area contributed by atoms with Crippen molar-refractivity contribution in [1.29, 1.82) is 0 Å². The number of nitrogens with zero attached hydrogens (tertiary/aromatic N) is 2. The molecule has 0 radical (unpaired) electrons. The van der Waals surface area contributed by atoms with E-state index in [1.165, 1.54) is 18.9 Å². The first kappa shape index (κ1) is 21.0. The highest BCUT2D eigenvalue weighted by atomic mass is 127. The largest absolute Gasteiger partial charge is 0.361 e. The standard InChI is InChI=1S/C19H28FN5.HI/c1-3-25(16-5-6-16)11-10-23-19(21-2)22-9-8-14-13-24-18-7-4-15(20)12-17(14)18;/h4,7,12-13,16,24H,3,5-6,8-11H2,1-2H3,(H2,21,22,23);1H. The van der Waals surface area contributed by atoms with E-state index in [0.29, 0.717) is 0 Å². The van der Waals surface area contributed by atoms with Gasteiger partial charge in [-0.25, -0.2) is 4.39 Å². The average Bonchev–Trinajstić information content (AvgIpc) is 3.39. The highest BCUT2D eigenvalue weighted by molar-refractivity contribution is 14.0. The van der Waals surface area contributed by atoms with E-state index in [1.807, 2.05) is 6.20 Å². The van der Waals surface area contributed by atoms with Gasteiger partial charge >= 0.3 is 0 Å². The lowest BCUT2D eigenvalue weighted by molar-refractivity contribution is 0.282. The molecule has 0 amide bonds. The van der Waals surface area contributed by atoms with Crippen LogP contribution in [0.5, 0.6) is 0 Å². The average molecular weight is 473 g/mol. The molecule has 0 saturated heterocycles. The number of nitrogens with one attached hydrogen (secondary N) is 3. The number of likely N-dealkylation sites (N-methyl/N-ethyl adjacent to an activating group) is 1. The number of aromatic amines is 1. The maximum atomic E-state index is 13.4. The topological polar surface area (TPSA) is 55.4 Å². The number of hydrogen-bond acceptors (Lipinski definition) is 2. The van der Waals surface area contributed by atoms with Gasteiger partial charge in [0.1, 0.15) is 5.82 Å². The fourth-order valence-electron chi connectivity index (χ4n) is 3.25. The number of guanidine groups is 1. The Balaban J connectivity index is 0.00000243. The normalized spacial score (nSPS) is 14.5.